The molecular weight excluding hydrogens is 192 g/mol. The van der Waals surface area contributed by atoms with Gasteiger partial charge < -0.3 is 21.5 Å². The number of pyridine rings is 1. The van der Waals surface area contributed by atoms with Crippen LogP contribution < -0.4 is 16.4 Å². The highest BCUT2D eigenvalue weighted by atomic mass is 16.3. The first-order chi connectivity index (χ1) is 7.19. The SMILES string of the molecule is CCN(CCCO)c1ccc(N)c(N)n1. The number of hydrogen-bond acceptors (Lipinski definition) is 5. The van der Waals surface area contributed by atoms with Gasteiger partial charge in [0.05, 0.1) is 5.69 Å². The molecule has 15 heavy (non-hydrogen) atoms. The zero-order valence-corrected chi connectivity index (χ0v) is 8.98. The van der Waals surface area contributed by atoms with E-state index < -0.39 is 0 Å². The van der Waals surface area contributed by atoms with Crippen molar-refractivity contribution in [3.8, 4) is 0 Å². The Bertz CT molecular complexity index is 316. The van der Waals surface area contributed by atoms with Crippen LogP contribution >= 0.6 is 0 Å². The molecule has 5 N–H and O–H groups in total. The third-order valence-corrected chi connectivity index (χ3v) is 2.23. The van der Waals surface area contributed by atoms with Gasteiger partial charge in [0, 0.05) is 19.7 Å². The molecule has 0 amide bonds. The largest absolute Gasteiger partial charge is 0.396 e. The third kappa shape index (κ3) is 2.99. The summed E-state index contributed by atoms with van der Waals surface area (Å²) in [6.45, 7) is 3.81. The lowest BCUT2D eigenvalue weighted by Gasteiger charge is -2.21. The van der Waals surface area contributed by atoms with Crippen molar-refractivity contribution in [2.75, 3.05) is 36.1 Å². The van der Waals surface area contributed by atoms with Crippen LogP contribution in [0.15, 0.2) is 12.1 Å². The highest BCUT2D eigenvalue weighted by Gasteiger charge is 2.06. The lowest BCUT2D eigenvalue weighted by molar-refractivity contribution is 0.289. The van der Waals surface area contributed by atoms with Gasteiger partial charge in [-0.3, -0.25) is 0 Å². The molecule has 0 atom stereocenters. The van der Waals surface area contributed by atoms with Crippen molar-refractivity contribution in [1.29, 1.82) is 0 Å². The van der Waals surface area contributed by atoms with Crippen LogP contribution in [0.25, 0.3) is 0 Å². The Balaban J connectivity index is 2.78. The Morgan fingerprint density at radius 2 is 2.13 bits per heavy atom. The average molecular weight is 210 g/mol. The second-order valence-electron chi connectivity index (χ2n) is 3.30. The molecule has 0 aliphatic rings. The van der Waals surface area contributed by atoms with Gasteiger partial charge in [0.25, 0.3) is 0 Å². The summed E-state index contributed by atoms with van der Waals surface area (Å²) in [5.74, 6) is 1.16. The predicted molar refractivity (Wildman–Crippen MR) is 62.7 cm³/mol. The molecule has 1 aromatic rings. The summed E-state index contributed by atoms with van der Waals surface area (Å²) in [6, 6.07) is 3.59. The normalized spacial score (nSPS) is 10.3. The summed E-state index contributed by atoms with van der Waals surface area (Å²) in [4.78, 5) is 6.24. The van der Waals surface area contributed by atoms with Gasteiger partial charge in [-0.25, -0.2) is 4.98 Å². The molecule has 1 heterocycles. The predicted octanol–water partition coefficient (Wildman–Crippen LogP) is 0.455. The number of rotatable bonds is 5. The fourth-order valence-corrected chi connectivity index (χ4v) is 1.35. The van der Waals surface area contributed by atoms with E-state index in [4.69, 9.17) is 16.6 Å². The van der Waals surface area contributed by atoms with E-state index in [1.807, 2.05) is 17.9 Å². The minimum absolute atomic E-state index is 0.182. The number of aliphatic hydroxyl groups excluding tert-OH is 1. The van der Waals surface area contributed by atoms with Crippen LogP contribution in [0, 0.1) is 0 Å². The molecule has 0 saturated carbocycles. The number of aromatic nitrogens is 1. The van der Waals surface area contributed by atoms with Gasteiger partial charge in [-0.1, -0.05) is 0 Å². The molecule has 0 unspecified atom stereocenters. The summed E-state index contributed by atoms with van der Waals surface area (Å²) in [6.07, 6.45) is 0.722. The van der Waals surface area contributed by atoms with Crippen LogP contribution in [0.1, 0.15) is 13.3 Å². The molecule has 1 rings (SSSR count). The summed E-state index contributed by atoms with van der Waals surface area (Å²) in [7, 11) is 0. The highest BCUT2D eigenvalue weighted by Crippen LogP contribution is 2.18. The van der Waals surface area contributed by atoms with E-state index in [9.17, 15) is 0 Å². The quantitative estimate of drug-likeness (QED) is 0.657. The van der Waals surface area contributed by atoms with Crippen LogP contribution in [0.2, 0.25) is 0 Å². The lowest BCUT2D eigenvalue weighted by atomic mass is 10.3. The first-order valence-electron chi connectivity index (χ1n) is 5.06. The summed E-state index contributed by atoms with van der Waals surface area (Å²) < 4.78 is 0. The molecule has 0 aliphatic carbocycles. The molecule has 0 aromatic carbocycles. The summed E-state index contributed by atoms with van der Waals surface area (Å²) in [5.41, 5.74) is 11.7. The van der Waals surface area contributed by atoms with Crippen molar-refractivity contribution in [3.63, 3.8) is 0 Å². The molecule has 84 valence electrons. The van der Waals surface area contributed by atoms with Crippen molar-refractivity contribution in [2.24, 2.45) is 0 Å². The number of nitrogens with two attached hydrogens (primary N) is 2. The molecular formula is C10H18N4O. The van der Waals surface area contributed by atoms with E-state index in [2.05, 4.69) is 4.98 Å². The number of nitrogen functional groups attached to an aromatic ring is 2. The summed E-state index contributed by atoms with van der Waals surface area (Å²) >= 11 is 0. The van der Waals surface area contributed by atoms with E-state index in [1.165, 1.54) is 0 Å². The Hall–Kier alpha value is -1.49. The van der Waals surface area contributed by atoms with E-state index in [0.29, 0.717) is 11.5 Å². The standard InChI is InChI=1S/C10H18N4O/c1-2-14(6-3-7-15)9-5-4-8(11)10(12)13-9/h4-5,15H,2-3,6-7,11H2,1H3,(H2,12,13). The molecule has 0 spiro atoms. The van der Waals surface area contributed by atoms with Crippen LogP contribution in [0.3, 0.4) is 0 Å². The fraction of sp³-hybridized carbons (Fsp3) is 0.500. The zero-order chi connectivity index (χ0) is 11.3. The topological polar surface area (TPSA) is 88.4 Å². The van der Waals surface area contributed by atoms with Crippen LogP contribution in [0.5, 0.6) is 0 Å². The molecule has 5 nitrogen and oxygen atoms in total. The fourth-order valence-electron chi connectivity index (χ4n) is 1.35. The minimum atomic E-state index is 0.182. The second-order valence-corrected chi connectivity index (χ2v) is 3.30. The smallest absolute Gasteiger partial charge is 0.149 e. The van der Waals surface area contributed by atoms with Gasteiger partial charge in [-0.15, -0.1) is 0 Å². The van der Waals surface area contributed by atoms with E-state index in [1.54, 1.807) is 6.07 Å². The van der Waals surface area contributed by atoms with E-state index in [0.717, 1.165) is 25.3 Å². The van der Waals surface area contributed by atoms with E-state index in [-0.39, 0.29) is 6.61 Å². The van der Waals surface area contributed by atoms with Crippen LogP contribution in [-0.2, 0) is 0 Å². The molecule has 0 bridgehead atoms. The average Bonchev–Trinajstić information content (AvgIpc) is 2.24. The van der Waals surface area contributed by atoms with Gasteiger partial charge in [-0.05, 0) is 25.5 Å². The molecule has 0 fully saturated rings. The van der Waals surface area contributed by atoms with Crippen LogP contribution in [0.4, 0.5) is 17.3 Å². The molecule has 0 radical (unpaired) electrons. The first kappa shape index (κ1) is 11.6. The van der Waals surface area contributed by atoms with Crippen LogP contribution in [-0.4, -0.2) is 29.8 Å². The maximum atomic E-state index is 8.76. The van der Waals surface area contributed by atoms with Crippen molar-refractivity contribution in [3.05, 3.63) is 12.1 Å². The first-order valence-corrected chi connectivity index (χ1v) is 5.06. The van der Waals surface area contributed by atoms with Gasteiger partial charge in [0.15, 0.2) is 0 Å². The number of hydrogen-bond donors (Lipinski definition) is 3. The van der Waals surface area contributed by atoms with Gasteiger partial charge in [-0.2, -0.15) is 0 Å². The van der Waals surface area contributed by atoms with Gasteiger partial charge >= 0.3 is 0 Å². The van der Waals surface area contributed by atoms with E-state index >= 15 is 0 Å². The van der Waals surface area contributed by atoms with Crippen molar-refractivity contribution >= 4 is 17.3 Å². The van der Waals surface area contributed by atoms with Gasteiger partial charge in [0.1, 0.15) is 11.6 Å². The zero-order valence-electron chi connectivity index (χ0n) is 8.98. The maximum Gasteiger partial charge on any atom is 0.149 e. The number of aliphatic hydroxyl groups is 1. The molecule has 5 heteroatoms. The molecule has 0 aliphatic heterocycles. The van der Waals surface area contributed by atoms with Crippen molar-refractivity contribution < 1.29 is 5.11 Å². The minimum Gasteiger partial charge on any atom is -0.396 e. The van der Waals surface area contributed by atoms with Crippen molar-refractivity contribution in [2.45, 2.75) is 13.3 Å². The Morgan fingerprint density at radius 1 is 1.40 bits per heavy atom. The third-order valence-electron chi connectivity index (χ3n) is 2.23. The monoisotopic (exact) mass is 210 g/mol. The summed E-state index contributed by atoms with van der Waals surface area (Å²) in [5, 5.41) is 8.76. The van der Waals surface area contributed by atoms with Crippen molar-refractivity contribution in [1.82, 2.24) is 4.98 Å². The Morgan fingerprint density at radius 3 is 2.67 bits per heavy atom. The number of anilines is 3. The Labute approximate surface area is 89.7 Å². The lowest BCUT2D eigenvalue weighted by Crippen LogP contribution is -2.25. The molecule has 1 aromatic heterocycles. The Kier molecular flexibility index (Phi) is 4.17. The highest BCUT2D eigenvalue weighted by molar-refractivity contribution is 5.62. The second kappa shape index (κ2) is 5.41. The maximum absolute atomic E-state index is 8.76. The number of nitrogens with zero attached hydrogens (tertiary/aromatic N) is 2. The molecule has 0 saturated heterocycles. The van der Waals surface area contributed by atoms with Gasteiger partial charge in [0.2, 0.25) is 0 Å².